The van der Waals surface area contributed by atoms with Crippen LogP contribution in [0.15, 0.2) is 11.1 Å². The van der Waals surface area contributed by atoms with E-state index in [0.717, 1.165) is 32.7 Å². The molecule has 3 rings (SSSR count). The molecule has 2 aliphatic rings. The highest BCUT2D eigenvalue weighted by Gasteiger charge is 2.52. The molecule has 0 bridgehead atoms. The Morgan fingerprint density at radius 1 is 1.35 bits per heavy atom. The van der Waals surface area contributed by atoms with Gasteiger partial charge in [0.15, 0.2) is 0 Å². The molecular formula is C15H26N4O3S. The summed E-state index contributed by atoms with van der Waals surface area (Å²) in [6, 6.07) is 0.342. The Kier molecular flexibility index (Phi) is 4.29. The molecule has 2 unspecified atom stereocenters. The lowest BCUT2D eigenvalue weighted by Crippen LogP contribution is -2.67. The van der Waals surface area contributed by atoms with Crippen LogP contribution in [-0.4, -0.2) is 61.5 Å². The molecule has 8 heteroatoms. The van der Waals surface area contributed by atoms with E-state index in [1.165, 1.54) is 6.20 Å². The molecule has 130 valence electrons. The standard InChI is InChI=1S/C15H26N4O3S/c1-11-12(10-16-18(11)4)23(20,21)17-13-9-14(15(13,2)3)19-5-7-22-8-6-19/h10,13-14,17H,5-9H2,1-4H3. The number of nitrogens with zero attached hydrogens (tertiary/aromatic N) is 3. The van der Waals surface area contributed by atoms with Crippen molar-refractivity contribution in [3.05, 3.63) is 11.9 Å². The lowest BCUT2D eigenvalue weighted by Gasteiger charge is -2.57. The molecule has 0 aromatic carbocycles. The minimum atomic E-state index is -3.53. The van der Waals surface area contributed by atoms with Crippen molar-refractivity contribution in [2.45, 2.75) is 44.2 Å². The number of sulfonamides is 1. The summed E-state index contributed by atoms with van der Waals surface area (Å²) >= 11 is 0. The van der Waals surface area contributed by atoms with E-state index < -0.39 is 10.0 Å². The highest BCUT2D eigenvalue weighted by atomic mass is 32.2. The molecule has 1 aromatic rings. The SMILES string of the molecule is Cc1c(S(=O)(=O)NC2CC(N3CCOCC3)C2(C)C)cnn1C. The summed E-state index contributed by atoms with van der Waals surface area (Å²) in [5.41, 5.74) is 0.555. The van der Waals surface area contributed by atoms with Crippen molar-refractivity contribution >= 4 is 10.0 Å². The summed E-state index contributed by atoms with van der Waals surface area (Å²) in [7, 11) is -1.79. The second kappa shape index (κ2) is 5.84. The maximum Gasteiger partial charge on any atom is 0.244 e. The van der Waals surface area contributed by atoms with Crippen LogP contribution in [0.5, 0.6) is 0 Å². The molecule has 1 aliphatic heterocycles. The van der Waals surface area contributed by atoms with Crippen molar-refractivity contribution in [3.8, 4) is 0 Å². The van der Waals surface area contributed by atoms with Gasteiger partial charge in [-0.05, 0) is 18.8 Å². The van der Waals surface area contributed by atoms with Gasteiger partial charge in [-0.3, -0.25) is 9.58 Å². The number of aryl methyl sites for hydroxylation is 1. The predicted octanol–water partition coefficient (Wildman–Crippen LogP) is 0.506. The first-order valence-electron chi connectivity index (χ1n) is 8.06. The van der Waals surface area contributed by atoms with Crippen molar-refractivity contribution < 1.29 is 13.2 Å². The van der Waals surface area contributed by atoms with Gasteiger partial charge in [-0.15, -0.1) is 0 Å². The van der Waals surface area contributed by atoms with Crippen LogP contribution >= 0.6 is 0 Å². The number of ether oxygens (including phenoxy) is 1. The molecule has 0 amide bonds. The normalized spacial score (nSPS) is 28.5. The first-order valence-corrected chi connectivity index (χ1v) is 9.54. The van der Waals surface area contributed by atoms with Crippen molar-refractivity contribution in [1.82, 2.24) is 19.4 Å². The van der Waals surface area contributed by atoms with Crippen molar-refractivity contribution in [3.63, 3.8) is 0 Å². The first-order chi connectivity index (χ1) is 10.7. The van der Waals surface area contributed by atoms with E-state index in [1.54, 1.807) is 18.7 Å². The van der Waals surface area contributed by atoms with Crippen LogP contribution in [0.2, 0.25) is 0 Å². The van der Waals surface area contributed by atoms with Crippen molar-refractivity contribution in [2.24, 2.45) is 12.5 Å². The lowest BCUT2D eigenvalue weighted by atomic mass is 9.62. The minimum Gasteiger partial charge on any atom is -0.379 e. The molecule has 2 fully saturated rings. The number of hydrogen-bond donors (Lipinski definition) is 1. The van der Waals surface area contributed by atoms with Crippen molar-refractivity contribution in [2.75, 3.05) is 26.3 Å². The Bertz CT molecular complexity index is 677. The Hall–Kier alpha value is -0.960. The fourth-order valence-electron chi connectivity index (χ4n) is 3.60. The summed E-state index contributed by atoms with van der Waals surface area (Å²) in [6.07, 6.45) is 2.26. The quantitative estimate of drug-likeness (QED) is 0.863. The highest BCUT2D eigenvalue weighted by molar-refractivity contribution is 7.89. The molecular weight excluding hydrogens is 316 g/mol. The smallest absolute Gasteiger partial charge is 0.244 e. The third kappa shape index (κ3) is 2.93. The third-order valence-electron chi connectivity index (χ3n) is 5.48. The number of nitrogens with one attached hydrogen (secondary N) is 1. The van der Waals surface area contributed by atoms with Crippen LogP contribution in [0.1, 0.15) is 26.0 Å². The topological polar surface area (TPSA) is 76.5 Å². The van der Waals surface area contributed by atoms with E-state index in [2.05, 4.69) is 28.6 Å². The van der Waals surface area contributed by atoms with E-state index in [4.69, 9.17) is 4.74 Å². The maximum absolute atomic E-state index is 12.6. The Morgan fingerprint density at radius 3 is 2.52 bits per heavy atom. The van der Waals surface area contributed by atoms with Crippen LogP contribution in [0.25, 0.3) is 0 Å². The van der Waals surface area contributed by atoms with Gasteiger partial charge < -0.3 is 4.74 Å². The number of hydrogen-bond acceptors (Lipinski definition) is 5. The highest BCUT2D eigenvalue weighted by Crippen LogP contribution is 2.44. The van der Waals surface area contributed by atoms with E-state index in [1.807, 2.05) is 0 Å². The first kappa shape index (κ1) is 16.9. The number of aromatic nitrogens is 2. The van der Waals surface area contributed by atoms with Gasteiger partial charge in [0.1, 0.15) is 4.90 Å². The largest absolute Gasteiger partial charge is 0.379 e. The van der Waals surface area contributed by atoms with Gasteiger partial charge in [-0.1, -0.05) is 13.8 Å². The Balaban J connectivity index is 1.70. The molecule has 1 N–H and O–H groups in total. The Labute approximate surface area is 138 Å². The van der Waals surface area contributed by atoms with Gasteiger partial charge >= 0.3 is 0 Å². The number of morpholine rings is 1. The third-order valence-corrected chi connectivity index (χ3v) is 7.05. The zero-order chi connectivity index (χ0) is 16.8. The van der Waals surface area contributed by atoms with E-state index in [0.29, 0.717) is 11.7 Å². The van der Waals surface area contributed by atoms with Crippen LogP contribution < -0.4 is 4.72 Å². The van der Waals surface area contributed by atoms with Gasteiger partial charge in [0.2, 0.25) is 10.0 Å². The second-order valence-corrected chi connectivity index (χ2v) is 8.80. The average molecular weight is 342 g/mol. The van der Waals surface area contributed by atoms with E-state index in [-0.39, 0.29) is 16.4 Å². The minimum absolute atomic E-state index is 0.0556. The fourth-order valence-corrected chi connectivity index (χ4v) is 5.21. The molecule has 1 saturated heterocycles. The van der Waals surface area contributed by atoms with Crippen LogP contribution in [-0.2, 0) is 21.8 Å². The van der Waals surface area contributed by atoms with Gasteiger partial charge in [-0.25, -0.2) is 13.1 Å². The molecule has 0 spiro atoms. The molecule has 7 nitrogen and oxygen atoms in total. The molecule has 23 heavy (non-hydrogen) atoms. The molecule has 1 saturated carbocycles. The summed E-state index contributed by atoms with van der Waals surface area (Å²) in [5, 5.41) is 4.03. The molecule has 2 heterocycles. The van der Waals surface area contributed by atoms with Crippen LogP contribution in [0.3, 0.4) is 0 Å². The van der Waals surface area contributed by atoms with Crippen molar-refractivity contribution in [1.29, 1.82) is 0 Å². The monoisotopic (exact) mass is 342 g/mol. The lowest BCUT2D eigenvalue weighted by molar-refractivity contribution is -0.0721. The number of rotatable bonds is 4. The zero-order valence-corrected chi connectivity index (χ0v) is 15.1. The van der Waals surface area contributed by atoms with Gasteiger partial charge in [-0.2, -0.15) is 5.10 Å². The molecule has 2 atom stereocenters. The molecule has 0 radical (unpaired) electrons. The molecule has 1 aromatic heterocycles. The summed E-state index contributed by atoms with van der Waals surface area (Å²) in [5.74, 6) is 0. The summed E-state index contributed by atoms with van der Waals surface area (Å²) in [4.78, 5) is 2.69. The second-order valence-electron chi connectivity index (χ2n) is 7.11. The van der Waals surface area contributed by atoms with Gasteiger partial charge in [0.05, 0.1) is 25.1 Å². The maximum atomic E-state index is 12.6. The molecule has 1 aliphatic carbocycles. The summed E-state index contributed by atoms with van der Waals surface area (Å²) < 4.78 is 35.2. The Morgan fingerprint density at radius 2 is 2.00 bits per heavy atom. The van der Waals surface area contributed by atoms with Gasteiger partial charge in [0.25, 0.3) is 0 Å². The summed E-state index contributed by atoms with van der Waals surface area (Å²) in [6.45, 7) is 9.42. The fraction of sp³-hybridized carbons (Fsp3) is 0.800. The van der Waals surface area contributed by atoms with Gasteiger partial charge in [0, 0.05) is 32.2 Å². The zero-order valence-electron chi connectivity index (χ0n) is 14.2. The van der Waals surface area contributed by atoms with Crippen LogP contribution in [0, 0.1) is 12.3 Å². The average Bonchev–Trinajstić information content (AvgIpc) is 2.84. The predicted molar refractivity (Wildman–Crippen MR) is 86.6 cm³/mol. The van der Waals surface area contributed by atoms with Crippen LogP contribution in [0.4, 0.5) is 0 Å². The van der Waals surface area contributed by atoms with E-state index >= 15 is 0 Å². The van der Waals surface area contributed by atoms with E-state index in [9.17, 15) is 8.42 Å².